The molecule has 0 spiro atoms. The zero-order chi connectivity index (χ0) is 11.8. The molecule has 0 saturated heterocycles. The summed E-state index contributed by atoms with van der Waals surface area (Å²) in [6.45, 7) is 5.57. The van der Waals surface area contributed by atoms with Gasteiger partial charge in [-0.2, -0.15) is 0 Å². The maximum absolute atomic E-state index is 5.14. The van der Waals surface area contributed by atoms with Crippen LogP contribution in [0.3, 0.4) is 0 Å². The van der Waals surface area contributed by atoms with Crippen molar-refractivity contribution in [3.63, 3.8) is 0 Å². The van der Waals surface area contributed by atoms with Gasteiger partial charge >= 0.3 is 0 Å². The highest BCUT2D eigenvalue weighted by atomic mass is 16.5. The Labute approximate surface area is 99.0 Å². The van der Waals surface area contributed by atoms with E-state index >= 15 is 0 Å². The number of rotatable bonds is 7. The molecule has 0 amide bonds. The molecule has 1 unspecified atom stereocenters. The maximum atomic E-state index is 5.14. The Morgan fingerprint density at radius 3 is 2.50 bits per heavy atom. The van der Waals surface area contributed by atoms with E-state index in [1.165, 1.54) is 18.4 Å². The van der Waals surface area contributed by atoms with Crippen LogP contribution in [-0.2, 0) is 6.42 Å². The Bertz CT molecular complexity index is 281. The van der Waals surface area contributed by atoms with Gasteiger partial charge in [0, 0.05) is 6.04 Å². The van der Waals surface area contributed by atoms with Gasteiger partial charge in [-0.15, -0.1) is 0 Å². The molecule has 0 saturated carbocycles. The van der Waals surface area contributed by atoms with E-state index in [2.05, 4.69) is 31.3 Å². The van der Waals surface area contributed by atoms with Gasteiger partial charge in [0.05, 0.1) is 7.11 Å². The molecule has 0 radical (unpaired) electrons. The molecule has 0 aromatic heterocycles. The van der Waals surface area contributed by atoms with Crippen LogP contribution in [0, 0.1) is 0 Å². The van der Waals surface area contributed by atoms with E-state index in [-0.39, 0.29) is 0 Å². The molecule has 1 N–H and O–H groups in total. The zero-order valence-electron chi connectivity index (χ0n) is 10.6. The average molecular weight is 221 g/mol. The second-order valence-electron chi connectivity index (χ2n) is 4.26. The van der Waals surface area contributed by atoms with Crippen molar-refractivity contribution in [1.82, 2.24) is 5.32 Å². The molecule has 1 atom stereocenters. The molecular formula is C14H23NO. The normalized spacial score (nSPS) is 12.4. The van der Waals surface area contributed by atoms with Crippen LogP contribution in [0.15, 0.2) is 24.3 Å². The van der Waals surface area contributed by atoms with E-state index in [4.69, 9.17) is 4.74 Å². The molecule has 0 heterocycles. The average Bonchev–Trinajstić information content (AvgIpc) is 2.30. The van der Waals surface area contributed by atoms with Crippen molar-refractivity contribution in [2.45, 2.75) is 39.2 Å². The van der Waals surface area contributed by atoms with Gasteiger partial charge in [-0.05, 0) is 44.0 Å². The van der Waals surface area contributed by atoms with E-state index in [1.54, 1.807) is 7.11 Å². The quantitative estimate of drug-likeness (QED) is 0.715. The van der Waals surface area contributed by atoms with Crippen LogP contribution in [0.5, 0.6) is 5.75 Å². The minimum atomic E-state index is 0.542. The number of nitrogens with one attached hydrogen (secondary N) is 1. The van der Waals surface area contributed by atoms with Crippen LogP contribution in [-0.4, -0.2) is 19.7 Å². The predicted molar refractivity (Wildman–Crippen MR) is 69.1 cm³/mol. The number of hydrogen-bond acceptors (Lipinski definition) is 2. The Morgan fingerprint density at radius 2 is 1.94 bits per heavy atom. The van der Waals surface area contributed by atoms with Crippen LogP contribution in [0.25, 0.3) is 0 Å². The van der Waals surface area contributed by atoms with Gasteiger partial charge in [0.1, 0.15) is 5.75 Å². The third-order valence-electron chi connectivity index (χ3n) is 2.72. The highest BCUT2D eigenvalue weighted by molar-refractivity contribution is 5.27. The van der Waals surface area contributed by atoms with E-state index in [0.717, 1.165) is 18.7 Å². The number of benzene rings is 1. The summed E-state index contributed by atoms with van der Waals surface area (Å²) in [5.41, 5.74) is 1.36. The SMILES string of the molecule is CCCCNC(C)Cc1ccc(OC)cc1. The highest BCUT2D eigenvalue weighted by Gasteiger charge is 2.02. The standard InChI is InChI=1S/C14H23NO/c1-4-5-10-15-12(2)11-13-6-8-14(16-3)9-7-13/h6-9,12,15H,4-5,10-11H2,1-3H3. The van der Waals surface area contributed by atoms with Crippen LogP contribution in [0.1, 0.15) is 32.3 Å². The summed E-state index contributed by atoms with van der Waals surface area (Å²) in [5, 5.41) is 3.53. The van der Waals surface area contributed by atoms with Crippen molar-refractivity contribution in [3.8, 4) is 5.75 Å². The van der Waals surface area contributed by atoms with Gasteiger partial charge in [0.25, 0.3) is 0 Å². The minimum absolute atomic E-state index is 0.542. The topological polar surface area (TPSA) is 21.3 Å². The lowest BCUT2D eigenvalue weighted by Gasteiger charge is -2.13. The Hall–Kier alpha value is -1.02. The maximum Gasteiger partial charge on any atom is 0.118 e. The van der Waals surface area contributed by atoms with E-state index in [9.17, 15) is 0 Å². The first-order valence-corrected chi connectivity index (χ1v) is 6.12. The van der Waals surface area contributed by atoms with E-state index in [1.807, 2.05) is 12.1 Å². The molecular weight excluding hydrogens is 198 g/mol. The van der Waals surface area contributed by atoms with E-state index < -0.39 is 0 Å². The number of ether oxygens (including phenoxy) is 1. The first kappa shape index (κ1) is 13.0. The van der Waals surface area contributed by atoms with Gasteiger partial charge < -0.3 is 10.1 Å². The van der Waals surface area contributed by atoms with Crippen molar-refractivity contribution < 1.29 is 4.74 Å². The smallest absolute Gasteiger partial charge is 0.118 e. The fraction of sp³-hybridized carbons (Fsp3) is 0.571. The summed E-state index contributed by atoms with van der Waals surface area (Å²) in [6.07, 6.45) is 3.59. The fourth-order valence-corrected chi connectivity index (χ4v) is 1.71. The predicted octanol–water partition coefficient (Wildman–Crippen LogP) is 3.02. The van der Waals surface area contributed by atoms with Gasteiger partial charge in [-0.3, -0.25) is 0 Å². The van der Waals surface area contributed by atoms with Crippen LogP contribution in [0.2, 0.25) is 0 Å². The summed E-state index contributed by atoms with van der Waals surface area (Å²) >= 11 is 0. The first-order valence-electron chi connectivity index (χ1n) is 6.12. The van der Waals surface area contributed by atoms with Crippen molar-refractivity contribution in [1.29, 1.82) is 0 Å². The van der Waals surface area contributed by atoms with Crippen molar-refractivity contribution in [2.24, 2.45) is 0 Å². The first-order chi connectivity index (χ1) is 7.76. The lowest BCUT2D eigenvalue weighted by Crippen LogP contribution is -2.28. The fourth-order valence-electron chi connectivity index (χ4n) is 1.71. The molecule has 90 valence electrons. The summed E-state index contributed by atoms with van der Waals surface area (Å²) in [5.74, 6) is 0.926. The molecule has 16 heavy (non-hydrogen) atoms. The number of methoxy groups -OCH3 is 1. The summed E-state index contributed by atoms with van der Waals surface area (Å²) in [6, 6.07) is 8.86. The molecule has 0 fully saturated rings. The van der Waals surface area contributed by atoms with Gasteiger partial charge in [-0.1, -0.05) is 25.5 Å². The zero-order valence-corrected chi connectivity index (χ0v) is 10.6. The summed E-state index contributed by atoms with van der Waals surface area (Å²) in [4.78, 5) is 0. The van der Waals surface area contributed by atoms with Crippen LogP contribution in [0.4, 0.5) is 0 Å². The molecule has 2 nitrogen and oxygen atoms in total. The van der Waals surface area contributed by atoms with Crippen molar-refractivity contribution in [3.05, 3.63) is 29.8 Å². The lowest BCUT2D eigenvalue weighted by molar-refractivity contribution is 0.414. The third kappa shape index (κ3) is 4.67. The molecule has 0 aliphatic carbocycles. The molecule has 0 aliphatic rings. The summed E-state index contributed by atoms with van der Waals surface area (Å²) in [7, 11) is 1.70. The highest BCUT2D eigenvalue weighted by Crippen LogP contribution is 2.12. The monoisotopic (exact) mass is 221 g/mol. The lowest BCUT2D eigenvalue weighted by atomic mass is 10.1. The second-order valence-corrected chi connectivity index (χ2v) is 4.26. The van der Waals surface area contributed by atoms with Gasteiger partial charge in [0.2, 0.25) is 0 Å². The van der Waals surface area contributed by atoms with Crippen LogP contribution < -0.4 is 10.1 Å². The van der Waals surface area contributed by atoms with Crippen LogP contribution >= 0.6 is 0 Å². The Morgan fingerprint density at radius 1 is 1.25 bits per heavy atom. The number of hydrogen-bond donors (Lipinski definition) is 1. The van der Waals surface area contributed by atoms with Crippen molar-refractivity contribution in [2.75, 3.05) is 13.7 Å². The van der Waals surface area contributed by atoms with Crippen molar-refractivity contribution >= 4 is 0 Å². The molecule has 1 aromatic rings. The second kappa shape index (κ2) is 7.29. The molecule has 2 heteroatoms. The molecule has 0 bridgehead atoms. The van der Waals surface area contributed by atoms with Gasteiger partial charge in [0.15, 0.2) is 0 Å². The largest absolute Gasteiger partial charge is 0.497 e. The molecule has 1 aromatic carbocycles. The number of unbranched alkanes of at least 4 members (excludes halogenated alkanes) is 1. The minimum Gasteiger partial charge on any atom is -0.497 e. The van der Waals surface area contributed by atoms with Gasteiger partial charge in [-0.25, -0.2) is 0 Å². The Kier molecular flexibility index (Phi) is 5.94. The third-order valence-corrected chi connectivity index (χ3v) is 2.72. The molecule has 1 rings (SSSR count). The Balaban J connectivity index is 2.34. The summed E-state index contributed by atoms with van der Waals surface area (Å²) < 4.78 is 5.14. The molecule has 0 aliphatic heterocycles. The van der Waals surface area contributed by atoms with E-state index in [0.29, 0.717) is 6.04 Å².